The Morgan fingerprint density at radius 1 is 0.929 bits per heavy atom. The van der Waals surface area contributed by atoms with E-state index in [1.165, 1.54) is 16.9 Å². The summed E-state index contributed by atoms with van der Waals surface area (Å²) in [5.74, 6) is 0.0438. The summed E-state index contributed by atoms with van der Waals surface area (Å²) in [7, 11) is 0. The number of rotatable bonds is 4. The molecule has 0 aliphatic carbocycles. The molecule has 28 heavy (non-hydrogen) atoms. The molecule has 0 fully saturated rings. The zero-order valence-corrected chi connectivity index (χ0v) is 19.5. The second-order valence-corrected chi connectivity index (χ2v) is 9.52. The highest BCUT2D eigenvalue weighted by atomic mass is 79.9. The van der Waals surface area contributed by atoms with Gasteiger partial charge in [-0.1, -0.05) is 62.7 Å². The number of nitrogen functional groups attached to an aromatic ring is 1. The van der Waals surface area contributed by atoms with E-state index in [1.54, 1.807) is 0 Å². The van der Waals surface area contributed by atoms with Crippen LogP contribution in [0.3, 0.4) is 0 Å². The van der Waals surface area contributed by atoms with E-state index in [0.717, 1.165) is 49.5 Å². The molecule has 1 unspecified atom stereocenters. The van der Waals surface area contributed by atoms with Crippen LogP contribution in [0, 0.1) is 41.5 Å². The zero-order valence-electron chi connectivity index (χ0n) is 17.1. The Hall–Kier alpha value is -1.98. The van der Waals surface area contributed by atoms with Crippen molar-refractivity contribution >= 4 is 38.2 Å². The summed E-state index contributed by atoms with van der Waals surface area (Å²) >= 11 is 5.04. The first-order valence-corrected chi connectivity index (χ1v) is 10.9. The van der Waals surface area contributed by atoms with E-state index in [1.807, 2.05) is 20.8 Å². The van der Waals surface area contributed by atoms with Crippen molar-refractivity contribution in [2.24, 2.45) is 0 Å². The zero-order chi connectivity index (χ0) is 20.7. The van der Waals surface area contributed by atoms with Gasteiger partial charge in [0.1, 0.15) is 4.83 Å². The monoisotopic (exact) mass is 456 g/mol. The smallest absolute Gasteiger partial charge is 0.182 e. The summed E-state index contributed by atoms with van der Waals surface area (Å²) in [4.78, 5) is 18.4. The molecule has 146 valence electrons. The number of ketones is 1. The van der Waals surface area contributed by atoms with Crippen LogP contribution in [-0.4, -0.2) is 10.8 Å². The van der Waals surface area contributed by atoms with Gasteiger partial charge in [-0.3, -0.25) is 4.79 Å². The number of hydrogen-bond donors (Lipinski definition) is 1. The third-order valence-electron chi connectivity index (χ3n) is 4.97. The van der Waals surface area contributed by atoms with Crippen LogP contribution < -0.4 is 5.73 Å². The number of carbonyl (C=O) groups is 1. The molecule has 1 atom stereocenters. The van der Waals surface area contributed by atoms with Gasteiger partial charge in [0.15, 0.2) is 10.9 Å². The number of aryl methyl sites for hydroxylation is 6. The number of thiazole rings is 1. The molecule has 3 rings (SSSR count). The van der Waals surface area contributed by atoms with Crippen molar-refractivity contribution in [1.82, 2.24) is 4.98 Å². The minimum atomic E-state index is -0.488. The first kappa shape index (κ1) is 20.7. The molecule has 0 saturated carbocycles. The maximum atomic E-state index is 13.4. The van der Waals surface area contributed by atoms with Gasteiger partial charge in [-0.15, -0.1) is 0 Å². The molecule has 0 bridgehead atoms. The molecule has 0 aliphatic heterocycles. The quantitative estimate of drug-likeness (QED) is 0.357. The number of benzene rings is 2. The lowest BCUT2D eigenvalue weighted by Gasteiger charge is -2.16. The van der Waals surface area contributed by atoms with Crippen LogP contribution in [0.4, 0.5) is 5.13 Å². The summed E-state index contributed by atoms with van der Waals surface area (Å²) in [5.41, 5.74) is 15.3. The molecule has 0 amide bonds. The largest absolute Gasteiger partial charge is 0.375 e. The van der Waals surface area contributed by atoms with Gasteiger partial charge in [0.25, 0.3) is 0 Å². The van der Waals surface area contributed by atoms with Crippen molar-refractivity contribution in [1.29, 1.82) is 0 Å². The van der Waals surface area contributed by atoms with E-state index in [2.05, 4.69) is 66.0 Å². The molecule has 3 aromatic rings. The highest BCUT2D eigenvalue weighted by Gasteiger charge is 2.28. The van der Waals surface area contributed by atoms with Gasteiger partial charge in [0.2, 0.25) is 0 Å². The number of alkyl halides is 1. The Kier molecular flexibility index (Phi) is 5.78. The van der Waals surface area contributed by atoms with Crippen LogP contribution in [0.5, 0.6) is 0 Å². The molecule has 0 aliphatic rings. The molecular weight excluding hydrogens is 432 g/mol. The lowest BCUT2D eigenvalue weighted by Crippen LogP contribution is -2.11. The predicted molar refractivity (Wildman–Crippen MR) is 123 cm³/mol. The average Bonchev–Trinajstić information content (AvgIpc) is 2.93. The molecular formula is C23H25BrN2OS. The number of Topliss-reactive ketones (excluding diaryl/α,β-unsaturated/α-hetero) is 1. The molecule has 1 aromatic heterocycles. The summed E-state index contributed by atoms with van der Waals surface area (Å²) in [6.07, 6.45) is 0. The third-order valence-corrected chi connectivity index (χ3v) is 7.09. The number of aromatic nitrogens is 1. The van der Waals surface area contributed by atoms with Gasteiger partial charge in [0, 0.05) is 11.1 Å². The van der Waals surface area contributed by atoms with Gasteiger partial charge in [0.05, 0.1) is 10.6 Å². The minimum absolute atomic E-state index is 0.0438. The number of hydrogen-bond acceptors (Lipinski definition) is 4. The second kappa shape index (κ2) is 7.80. The van der Waals surface area contributed by atoms with E-state index in [4.69, 9.17) is 5.73 Å². The van der Waals surface area contributed by atoms with Gasteiger partial charge in [-0.25, -0.2) is 4.98 Å². The first-order valence-electron chi connectivity index (χ1n) is 9.20. The third kappa shape index (κ3) is 3.78. The number of carbonyl (C=O) groups excluding carboxylic acids is 1. The summed E-state index contributed by atoms with van der Waals surface area (Å²) in [6.45, 7) is 12.3. The lowest BCUT2D eigenvalue weighted by molar-refractivity contribution is 0.0991. The summed E-state index contributed by atoms with van der Waals surface area (Å²) in [6, 6.07) is 8.38. The number of halogens is 1. The molecule has 3 nitrogen and oxygen atoms in total. The maximum absolute atomic E-state index is 13.4. The Morgan fingerprint density at radius 3 is 1.89 bits per heavy atom. The van der Waals surface area contributed by atoms with Gasteiger partial charge in [-0.05, 0) is 63.8 Å². The van der Waals surface area contributed by atoms with Crippen LogP contribution in [0.1, 0.15) is 53.4 Å². The topological polar surface area (TPSA) is 56.0 Å². The molecule has 0 saturated heterocycles. The molecule has 1 heterocycles. The van der Waals surface area contributed by atoms with Crippen LogP contribution in [-0.2, 0) is 0 Å². The van der Waals surface area contributed by atoms with Crippen molar-refractivity contribution in [3.8, 4) is 11.3 Å². The highest BCUT2D eigenvalue weighted by Crippen LogP contribution is 2.42. The number of nitrogens with two attached hydrogens (primary N) is 1. The highest BCUT2D eigenvalue weighted by molar-refractivity contribution is 9.09. The molecule has 2 aromatic carbocycles. The van der Waals surface area contributed by atoms with Crippen molar-refractivity contribution in [2.75, 3.05) is 5.73 Å². The molecule has 5 heteroatoms. The average molecular weight is 457 g/mol. The van der Waals surface area contributed by atoms with Crippen molar-refractivity contribution in [3.05, 3.63) is 68.1 Å². The number of anilines is 1. The lowest BCUT2D eigenvalue weighted by atomic mass is 9.93. The maximum Gasteiger partial charge on any atom is 0.182 e. The van der Waals surface area contributed by atoms with Crippen LogP contribution in [0.25, 0.3) is 11.3 Å². The van der Waals surface area contributed by atoms with Crippen LogP contribution >= 0.6 is 27.3 Å². The first-order chi connectivity index (χ1) is 13.1. The standard InChI is InChI=1S/C23H25BrN2OS/c1-11-7-13(3)17(14(4)8-11)20-22(28-23(25)26-20)19(24)21(27)18-15(5)9-12(2)10-16(18)6/h7-10,19H,1-6H3,(H2,25,26). The Morgan fingerprint density at radius 2 is 1.39 bits per heavy atom. The molecule has 0 spiro atoms. The SMILES string of the molecule is Cc1cc(C)c(C(=O)C(Br)c2sc(N)nc2-c2c(C)cc(C)cc2C)c(C)c1. The Balaban J connectivity index is 2.13. The number of nitrogens with zero attached hydrogens (tertiary/aromatic N) is 1. The fourth-order valence-electron chi connectivity index (χ4n) is 4.07. The van der Waals surface area contributed by atoms with E-state index in [-0.39, 0.29) is 5.78 Å². The van der Waals surface area contributed by atoms with E-state index in [9.17, 15) is 4.79 Å². The molecule has 2 N–H and O–H groups in total. The minimum Gasteiger partial charge on any atom is -0.375 e. The van der Waals surface area contributed by atoms with Crippen molar-refractivity contribution in [2.45, 2.75) is 46.4 Å². The van der Waals surface area contributed by atoms with Gasteiger partial charge in [-0.2, -0.15) is 0 Å². The van der Waals surface area contributed by atoms with E-state index in [0.29, 0.717) is 5.13 Å². The van der Waals surface area contributed by atoms with Gasteiger partial charge >= 0.3 is 0 Å². The fraction of sp³-hybridized carbons (Fsp3) is 0.304. The van der Waals surface area contributed by atoms with Crippen LogP contribution in [0.15, 0.2) is 24.3 Å². The summed E-state index contributed by atoms with van der Waals surface area (Å²) in [5, 5.41) is 0.471. The predicted octanol–water partition coefficient (Wildman–Crippen LogP) is 6.56. The van der Waals surface area contributed by atoms with E-state index >= 15 is 0 Å². The van der Waals surface area contributed by atoms with E-state index < -0.39 is 4.83 Å². The fourth-order valence-corrected chi connectivity index (χ4v) is 5.61. The second-order valence-electron chi connectivity index (χ2n) is 7.54. The summed E-state index contributed by atoms with van der Waals surface area (Å²) < 4.78 is 0. The van der Waals surface area contributed by atoms with Gasteiger partial charge < -0.3 is 5.73 Å². The normalized spacial score (nSPS) is 12.2. The van der Waals surface area contributed by atoms with Crippen molar-refractivity contribution in [3.63, 3.8) is 0 Å². The Labute approximate surface area is 179 Å². The molecule has 0 radical (unpaired) electrons. The van der Waals surface area contributed by atoms with Crippen molar-refractivity contribution < 1.29 is 4.79 Å². The Bertz CT molecular complexity index is 1040. The van der Waals surface area contributed by atoms with Crippen LogP contribution in [0.2, 0.25) is 0 Å².